The Bertz CT molecular complexity index is 247. The van der Waals surface area contributed by atoms with Gasteiger partial charge in [-0.25, -0.2) is 8.42 Å². The molecule has 2 N–H and O–H groups in total. The van der Waals surface area contributed by atoms with Gasteiger partial charge in [0.2, 0.25) is 0 Å². The molecule has 0 saturated carbocycles. The second-order valence-electron chi connectivity index (χ2n) is 2.76. The number of carbonyl (C=O) groups is 1. The molecule has 0 aliphatic rings. The van der Waals surface area contributed by atoms with Gasteiger partial charge in [0.1, 0.15) is 16.4 Å². The standard InChI is InChI=1S/C7H15NO4S/c1-13(10,11)5-2-7(9)6-12-4-3-8/h2-6,8H2,1H3. The van der Waals surface area contributed by atoms with Crippen LogP contribution in [0.25, 0.3) is 0 Å². The normalized spacial score (nSPS) is 11.5. The van der Waals surface area contributed by atoms with Crippen molar-refractivity contribution < 1.29 is 17.9 Å². The minimum absolute atomic E-state index is 0.0173. The topological polar surface area (TPSA) is 86.5 Å². The van der Waals surface area contributed by atoms with Crippen LogP contribution in [-0.4, -0.2) is 46.0 Å². The van der Waals surface area contributed by atoms with E-state index in [0.29, 0.717) is 13.2 Å². The molecule has 0 radical (unpaired) electrons. The van der Waals surface area contributed by atoms with Crippen molar-refractivity contribution in [1.82, 2.24) is 0 Å². The van der Waals surface area contributed by atoms with Gasteiger partial charge >= 0.3 is 0 Å². The second-order valence-corrected chi connectivity index (χ2v) is 5.02. The molecule has 0 amide bonds. The molecule has 0 rings (SSSR count). The summed E-state index contributed by atoms with van der Waals surface area (Å²) in [6, 6.07) is 0. The van der Waals surface area contributed by atoms with Gasteiger partial charge in [0.25, 0.3) is 0 Å². The van der Waals surface area contributed by atoms with E-state index < -0.39 is 9.84 Å². The summed E-state index contributed by atoms with van der Waals surface area (Å²) in [5.74, 6) is -0.323. The number of nitrogens with two attached hydrogens (primary N) is 1. The Kier molecular flexibility index (Phi) is 5.85. The van der Waals surface area contributed by atoms with Gasteiger partial charge in [-0.15, -0.1) is 0 Å². The Morgan fingerprint density at radius 3 is 2.54 bits per heavy atom. The third-order valence-corrected chi connectivity index (χ3v) is 2.22. The van der Waals surface area contributed by atoms with E-state index in [1.807, 2.05) is 0 Å². The van der Waals surface area contributed by atoms with Crippen LogP contribution >= 0.6 is 0 Å². The molecule has 0 aliphatic heterocycles. The molecular formula is C7H15NO4S. The molecule has 0 unspecified atom stereocenters. The van der Waals surface area contributed by atoms with Crippen LogP contribution in [0.5, 0.6) is 0 Å². The van der Waals surface area contributed by atoms with Crippen LogP contribution in [0, 0.1) is 0 Å². The fourth-order valence-corrected chi connectivity index (χ4v) is 1.24. The maximum Gasteiger partial charge on any atom is 0.159 e. The largest absolute Gasteiger partial charge is 0.372 e. The molecule has 0 spiro atoms. The molecule has 0 aromatic rings. The molecule has 13 heavy (non-hydrogen) atoms. The minimum Gasteiger partial charge on any atom is -0.372 e. The van der Waals surface area contributed by atoms with Gasteiger partial charge < -0.3 is 10.5 Å². The smallest absolute Gasteiger partial charge is 0.159 e. The molecule has 0 atom stereocenters. The van der Waals surface area contributed by atoms with Crippen molar-refractivity contribution in [2.75, 3.05) is 31.8 Å². The third-order valence-electron chi connectivity index (χ3n) is 1.28. The Labute approximate surface area is 78.2 Å². The molecule has 5 nitrogen and oxygen atoms in total. The molecule has 78 valence electrons. The number of Topliss-reactive ketones (excluding diaryl/α,β-unsaturated/α-hetero) is 1. The highest BCUT2D eigenvalue weighted by Crippen LogP contribution is 1.91. The van der Waals surface area contributed by atoms with Crippen molar-refractivity contribution in [3.8, 4) is 0 Å². The Morgan fingerprint density at radius 1 is 1.46 bits per heavy atom. The lowest BCUT2D eigenvalue weighted by atomic mass is 10.3. The van der Waals surface area contributed by atoms with Crippen molar-refractivity contribution in [2.24, 2.45) is 5.73 Å². The van der Waals surface area contributed by atoms with Crippen LogP contribution in [0.4, 0.5) is 0 Å². The molecular weight excluding hydrogens is 194 g/mol. The Balaban J connectivity index is 3.53. The molecule has 0 aromatic heterocycles. The first kappa shape index (κ1) is 12.5. The van der Waals surface area contributed by atoms with Crippen molar-refractivity contribution in [3.63, 3.8) is 0 Å². The second kappa shape index (κ2) is 6.06. The highest BCUT2D eigenvalue weighted by atomic mass is 32.2. The van der Waals surface area contributed by atoms with Gasteiger partial charge in [0, 0.05) is 19.2 Å². The van der Waals surface area contributed by atoms with Crippen molar-refractivity contribution >= 4 is 15.6 Å². The van der Waals surface area contributed by atoms with Gasteiger partial charge in [-0.2, -0.15) is 0 Å². The van der Waals surface area contributed by atoms with Gasteiger partial charge in [-0.1, -0.05) is 0 Å². The highest BCUT2D eigenvalue weighted by Gasteiger charge is 2.07. The molecule has 0 aliphatic carbocycles. The monoisotopic (exact) mass is 209 g/mol. The van der Waals surface area contributed by atoms with Gasteiger partial charge in [0.15, 0.2) is 5.78 Å². The number of ether oxygens (including phenoxy) is 1. The summed E-state index contributed by atoms with van der Waals surface area (Å²) in [5, 5.41) is 0. The maximum absolute atomic E-state index is 10.9. The summed E-state index contributed by atoms with van der Waals surface area (Å²) >= 11 is 0. The molecule has 0 fully saturated rings. The predicted molar refractivity (Wildman–Crippen MR) is 49.2 cm³/mol. The molecule has 0 heterocycles. The first-order valence-corrected chi connectivity index (χ1v) is 5.99. The van der Waals surface area contributed by atoms with E-state index in [1.165, 1.54) is 0 Å². The minimum atomic E-state index is -3.05. The number of rotatable bonds is 7. The van der Waals surface area contributed by atoms with Gasteiger partial charge in [0.05, 0.1) is 12.4 Å². The van der Waals surface area contributed by atoms with E-state index in [0.717, 1.165) is 6.26 Å². The van der Waals surface area contributed by atoms with E-state index in [1.54, 1.807) is 0 Å². The van der Waals surface area contributed by atoms with Crippen molar-refractivity contribution in [2.45, 2.75) is 6.42 Å². The van der Waals surface area contributed by atoms with Gasteiger partial charge in [-0.05, 0) is 0 Å². The predicted octanol–water partition coefficient (Wildman–Crippen LogP) is -1.03. The van der Waals surface area contributed by atoms with E-state index >= 15 is 0 Å². The first-order valence-electron chi connectivity index (χ1n) is 3.93. The summed E-state index contributed by atoms with van der Waals surface area (Å²) in [6.07, 6.45) is 1.12. The highest BCUT2D eigenvalue weighted by molar-refractivity contribution is 7.90. The zero-order valence-electron chi connectivity index (χ0n) is 7.65. The molecule has 0 aromatic carbocycles. The lowest BCUT2D eigenvalue weighted by Crippen LogP contribution is -2.17. The van der Waals surface area contributed by atoms with E-state index in [9.17, 15) is 13.2 Å². The lowest BCUT2D eigenvalue weighted by Gasteiger charge is -2.00. The van der Waals surface area contributed by atoms with Crippen LogP contribution in [0.3, 0.4) is 0 Å². The fourth-order valence-electron chi connectivity index (χ4n) is 0.641. The summed E-state index contributed by atoms with van der Waals surface area (Å²) in [7, 11) is -3.05. The van der Waals surface area contributed by atoms with Crippen LogP contribution in [-0.2, 0) is 19.4 Å². The number of ketones is 1. The first-order chi connectivity index (χ1) is 5.95. The van der Waals surface area contributed by atoms with E-state index in [4.69, 9.17) is 10.5 Å². The average molecular weight is 209 g/mol. The number of hydrogen-bond acceptors (Lipinski definition) is 5. The summed E-state index contributed by atoms with van der Waals surface area (Å²) < 4.78 is 26.1. The summed E-state index contributed by atoms with van der Waals surface area (Å²) in [5.41, 5.74) is 5.13. The zero-order valence-corrected chi connectivity index (χ0v) is 8.47. The van der Waals surface area contributed by atoms with E-state index in [-0.39, 0.29) is 24.6 Å². The van der Waals surface area contributed by atoms with Crippen LogP contribution < -0.4 is 5.73 Å². The zero-order chi connectivity index (χ0) is 10.3. The van der Waals surface area contributed by atoms with Gasteiger partial charge in [-0.3, -0.25) is 4.79 Å². The number of sulfone groups is 1. The Hall–Kier alpha value is -0.460. The van der Waals surface area contributed by atoms with Crippen LogP contribution in [0.1, 0.15) is 6.42 Å². The number of hydrogen-bond donors (Lipinski definition) is 1. The molecule has 0 bridgehead atoms. The Morgan fingerprint density at radius 2 is 2.08 bits per heavy atom. The average Bonchev–Trinajstić information content (AvgIpc) is 2.00. The summed E-state index contributed by atoms with van der Waals surface area (Å²) in [4.78, 5) is 10.9. The SMILES string of the molecule is CS(=O)(=O)CCC(=O)COCCN. The van der Waals surface area contributed by atoms with Crippen molar-refractivity contribution in [1.29, 1.82) is 0 Å². The van der Waals surface area contributed by atoms with E-state index in [2.05, 4.69) is 0 Å². The molecule has 0 saturated heterocycles. The lowest BCUT2D eigenvalue weighted by molar-refractivity contribution is -0.123. The third kappa shape index (κ3) is 9.45. The summed E-state index contributed by atoms with van der Waals surface area (Å²) in [6.45, 7) is 0.636. The molecule has 6 heteroatoms. The maximum atomic E-state index is 10.9. The number of carbonyl (C=O) groups excluding carboxylic acids is 1. The van der Waals surface area contributed by atoms with Crippen LogP contribution in [0.15, 0.2) is 0 Å². The van der Waals surface area contributed by atoms with Crippen LogP contribution in [0.2, 0.25) is 0 Å². The van der Waals surface area contributed by atoms with Crippen molar-refractivity contribution in [3.05, 3.63) is 0 Å². The quantitative estimate of drug-likeness (QED) is 0.541. The fraction of sp³-hybridized carbons (Fsp3) is 0.857.